The Balaban J connectivity index is 0.00000432. The highest BCUT2D eigenvalue weighted by atomic mass is 35.5. The third-order valence-corrected chi connectivity index (χ3v) is 8.57. The molecule has 2 N–H and O–H groups in total. The standard InChI is InChI=1S/C24H28N2O7S.ClH/c1-4-13-26-14-11-24(12-15-26,17-23(27)25-28)34(29,30)20-8-5-18(6-9-20)33-19-7-10-21(31-2)22(16-19)32-3;/h1,5-10,16,28H,11-15,17H2,2-3H3,(H,25,27);1H. The molecule has 1 heterocycles. The van der Waals surface area contributed by atoms with Gasteiger partial charge in [0.15, 0.2) is 21.3 Å². The third-order valence-electron chi connectivity index (χ3n) is 5.98. The van der Waals surface area contributed by atoms with E-state index in [0.29, 0.717) is 42.6 Å². The van der Waals surface area contributed by atoms with Crippen molar-refractivity contribution in [3.05, 3.63) is 42.5 Å². The smallest absolute Gasteiger partial charge is 0.244 e. The van der Waals surface area contributed by atoms with Crippen LogP contribution in [0.3, 0.4) is 0 Å². The molecule has 0 spiro atoms. The number of ether oxygens (including phenoxy) is 3. The Labute approximate surface area is 211 Å². The zero-order valence-corrected chi connectivity index (χ0v) is 21.2. The molecule has 1 fully saturated rings. The van der Waals surface area contributed by atoms with E-state index in [0.717, 1.165) is 0 Å². The second-order valence-electron chi connectivity index (χ2n) is 7.97. The number of rotatable bonds is 9. The number of piperidine rings is 1. The van der Waals surface area contributed by atoms with Crippen LogP contribution >= 0.6 is 12.4 Å². The number of likely N-dealkylation sites (tertiary alicyclic amines) is 1. The number of amides is 1. The average molecular weight is 525 g/mol. The lowest BCUT2D eigenvalue weighted by Crippen LogP contribution is -2.51. The Morgan fingerprint density at radius 2 is 1.69 bits per heavy atom. The molecule has 0 bridgehead atoms. The monoisotopic (exact) mass is 524 g/mol. The average Bonchev–Trinajstić information content (AvgIpc) is 2.85. The van der Waals surface area contributed by atoms with Crippen molar-refractivity contribution in [2.45, 2.75) is 28.9 Å². The molecule has 11 heteroatoms. The van der Waals surface area contributed by atoms with Gasteiger partial charge in [-0.3, -0.25) is 14.9 Å². The van der Waals surface area contributed by atoms with Crippen LogP contribution in [0.5, 0.6) is 23.0 Å². The second kappa shape index (κ2) is 12.1. The Morgan fingerprint density at radius 1 is 1.09 bits per heavy atom. The molecule has 0 atom stereocenters. The van der Waals surface area contributed by atoms with Gasteiger partial charge in [-0.05, 0) is 49.2 Å². The predicted molar refractivity (Wildman–Crippen MR) is 132 cm³/mol. The Kier molecular flexibility index (Phi) is 9.80. The van der Waals surface area contributed by atoms with Crippen molar-refractivity contribution in [3.63, 3.8) is 0 Å². The number of hydroxylamine groups is 1. The summed E-state index contributed by atoms with van der Waals surface area (Å²) in [5.41, 5.74) is 1.56. The number of benzene rings is 2. The van der Waals surface area contributed by atoms with Crippen LogP contribution in [0.25, 0.3) is 0 Å². The fourth-order valence-electron chi connectivity index (χ4n) is 4.07. The summed E-state index contributed by atoms with van der Waals surface area (Å²) in [4.78, 5) is 14.1. The predicted octanol–water partition coefficient (Wildman–Crippen LogP) is 3.05. The van der Waals surface area contributed by atoms with E-state index >= 15 is 0 Å². The molecule has 3 rings (SSSR count). The van der Waals surface area contributed by atoms with Gasteiger partial charge in [0.05, 0.1) is 30.4 Å². The van der Waals surface area contributed by atoms with Crippen molar-refractivity contribution in [2.75, 3.05) is 33.9 Å². The van der Waals surface area contributed by atoms with Gasteiger partial charge in [0.1, 0.15) is 11.5 Å². The molecule has 35 heavy (non-hydrogen) atoms. The van der Waals surface area contributed by atoms with Gasteiger partial charge in [-0.15, -0.1) is 18.8 Å². The number of sulfone groups is 1. The van der Waals surface area contributed by atoms with E-state index in [2.05, 4.69) is 5.92 Å². The first-order valence-electron chi connectivity index (χ1n) is 10.6. The minimum absolute atomic E-state index is 0. The maximum Gasteiger partial charge on any atom is 0.244 e. The molecule has 0 aliphatic carbocycles. The van der Waals surface area contributed by atoms with Crippen LogP contribution < -0.4 is 19.7 Å². The molecule has 9 nitrogen and oxygen atoms in total. The van der Waals surface area contributed by atoms with Gasteiger partial charge in [0.25, 0.3) is 0 Å². The number of hydrogen-bond acceptors (Lipinski definition) is 8. The Hall–Kier alpha value is -2.97. The van der Waals surface area contributed by atoms with E-state index in [9.17, 15) is 13.2 Å². The van der Waals surface area contributed by atoms with Crippen molar-refractivity contribution < 1.29 is 32.6 Å². The summed E-state index contributed by atoms with van der Waals surface area (Å²) in [5.74, 6) is 3.78. The fourth-order valence-corrected chi connectivity index (χ4v) is 6.11. The van der Waals surface area contributed by atoms with Gasteiger partial charge in [0.2, 0.25) is 5.91 Å². The number of halogens is 1. The molecule has 1 aliphatic heterocycles. The maximum absolute atomic E-state index is 13.7. The van der Waals surface area contributed by atoms with Gasteiger partial charge in [-0.25, -0.2) is 13.9 Å². The van der Waals surface area contributed by atoms with Crippen LogP contribution in [0.15, 0.2) is 47.4 Å². The van der Waals surface area contributed by atoms with Crippen molar-refractivity contribution in [2.24, 2.45) is 0 Å². The maximum atomic E-state index is 13.7. The largest absolute Gasteiger partial charge is 0.493 e. The summed E-state index contributed by atoms with van der Waals surface area (Å²) >= 11 is 0. The van der Waals surface area contributed by atoms with Crippen LogP contribution in [0.4, 0.5) is 0 Å². The SMILES string of the molecule is C#CCN1CCC(CC(=O)NO)(S(=O)(=O)c2ccc(Oc3ccc(OC)c(OC)c3)cc2)CC1.Cl. The third kappa shape index (κ3) is 6.18. The molecule has 2 aromatic carbocycles. The summed E-state index contributed by atoms with van der Waals surface area (Å²) in [6.07, 6.45) is 5.46. The minimum atomic E-state index is -3.92. The van der Waals surface area contributed by atoms with E-state index in [1.54, 1.807) is 35.8 Å². The highest BCUT2D eigenvalue weighted by molar-refractivity contribution is 7.92. The first kappa shape index (κ1) is 28.3. The number of carbonyl (C=O) groups excluding carboxylic acids is 1. The summed E-state index contributed by atoms with van der Waals surface area (Å²) in [5, 5.41) is 9.03. The number of hydrogen-bond donors (Lipinski definition) is 2. The van der Waals surface area contributed by atoms with E-state index in [-0.39, 0.29) is 36.6 Å². The summed E-state index contributed by atoms with van der Waals surface area (Å²) in [6, 6.07) is 11.1. The van der Waals surface area contributed by atoms with Crippen LogP contribution in [-0.2, 0) is 14.6 Å². The first-order chi connectivity index (χ1) is 16.3. The van der Waals surface area contributed by atoms with Gasteiger partial charge in [0, 0.05) is 25.6 Å². The van der Waals surface area contributed by atoms with E-state index in [1.807, 2.05) is 4.90 Å². The summed E-state index contributed by atoms with van der Waals surface area (Å²) in [7, 11) is -0.865. The van der Waals surface area contributed by atoms with Crippen LogP contribution in [0.2, 0.25) is 0 Å². The minimum Gasteiger partial charge on any atom is -0.493 e. The molecule has 190 valence electrons. The number of carbonyl (C=O) groups is 1. The highest BCUT2D eigenvalue weighted by Crippen LogP contribution is 2.39. The number of terminal acetylenes is 1. The Morgan fingerprint density at radius 3 is 2.23 bits per heavy atom. The van der Waals surface area contributed by atoms with E-state index in [1.165, 1.54) is 26.4 Å². The topological polar surface area (TPSA) is 114 Å². The molecule has 0 aromatic heterocycles. The van der Waals surface area contributed by atoms with Crippen LogP contribution in [0, 0.1) is 12.3 Å². The molecule has 1 amide bonds. The normalized spacial score (nSPS) is 15.3. The van der Waals surface area contributed by atoms with Gasteiger partial charge < -0.3 is 14.2 Å². The molecular weight excluding hydrogens is 496 g/mol. The van der Waals surface area contributed by atoms with Crippen LogP contribution in [0.1, 0.15) is 19.3 Å². The quantitative estimate of drug-likeness (QED) is 0.292. The summed E-state index contributed by atoms with van der Waals surface area (Å²) in [6.45, 7) is 1.27. The van der Waals surface area contributed by atoms with Crippen LogP contribution in [-0.4, -0.2) is 63.0 Å². The molecular formula is C24H29ClN2O7S. The lowest BCUT2D eigenvalue weighted by Gasteiger charge is -2.40. The summed E-state index contributed by atoms with van der Waals surface area (Å²) < 4.78 is 42.3. The van der Waals surface area contributed by atoms with E-state index < -0.39 is 20.5 Å². The van der Waals surface area contributed by atoms with E-state index in [4.69, 9.17) is 25.8 Å². The van der Waals surface area contributed by atoms with Gasteiger partial charge >= 0.3 is 0 Å². The number of nitrogens with one attached hydrogen (secondary N) is 1. The molecule has 0 unspecified atom stereocenters. The fraction of sp³-hybridized carbons (Fsp3) is 0.375. The van der Waals surface area contributed by atoms with Crippen molar-refractivity contribution in [1.82, 2.24) is 10.4 Å². The first-order valence-corrected chi connectivity index (χ1v) is 12.1. The molecule has 0 radical (unpaired) electrons. The van der Waals surface area contributed by atoms with Crippen molar-refractivity contribution in [3.8, 4) is 35.3 Å². The lowest BCUT2D eigenvalue weighted by atomic mass is 9.92. The molecule has 0 saturated carbocycles. The second-order valence-corrected chi connectivity index (χ2v) is 10.3. The van der Waals surface area contributed by atoms with Gasteiger partial charge in [-0.2, -0.15) is 0 Å². The van der Waals surface area contributed by atoms with Gasteiger partial charge in [-0.1, -0.05) is 5.92 Å². The van der Waals surface area contributed by atoms with Crippen molar-refractivity contribution >= 4 is 28.2 Å². The number of methoxy groups -OCH3 is 2. The van der Waals surface area contributed by atoms with Crippen molar-refractivity contribution in [1.29, 1.82) is 0 Å². The lowest BCUT2D eigenvalue weighted by molar-refractivity contribution is -0.130. The Bertz CT molecular complexity index is 1160. The molecule has 2 aromatic rings. The molecule has 1 saturated heterocycles. The highest BCUT2D eigenvalue weighted by Gasteiger charge is 2.48. The zero-order valence-electron chi connectivity index (χ0n) is 19.5. The molecule has 1 aliphatic rings. The zero-order chi connectivity index (χ0) is 24.8. The number of nitrogens with zero attached hydrogens (tertiary/aromatic N) is 1.